The van der Waals surface area contributed by atoms with Gasteiger partial charge >= 0.3 is 5.97 Å². The summed E-state index contributed by atoms with van der Waals surface area (Å²) < 4.78 is 0. The lowest BCUT2D eigenvalue weighted by Crippen LogP contribution is -2.25. The number of carboxylic acid groups (broad SMARTS) is 1. The highest BCUT2D eigenvalue weighted by atomic mass is 32.1. The number of amides is 1. The third-order valence-corrected chi connectivity index (χ3v) is 3.14. The van der Waals surface area contributed by atoms with E-state index in [0.29, 0.717) is 13.0 Å². The molecule has 1 aromatic rings. The Morgan fingerprint density at radius 1 is 1.60 bits per heavy atom. The van der Waals surface area contributed by atoms with Crippen LogP contribution in [-0.2, 0) is 16.1 Å². The number of hydrogen-bond donors (Lipinski definition) is 2. The van der Waals surface area contributed by atoms with Gasteiger partial charge in [0, 0.05) is 11.1 Å². The Morgan fingerprint density at radius 3 is 2.93 bits per heavy atom. The van der Waals surface area contributed by atoms with Crippen LogP contribution in [0.4, 0.5) is 0 Å². The Balaban J connectivity index is 1.77. The molecule has 1 aliphatic rings. The molecule has 0 aromatic carbocycles. The highest BCUT2D eigenvalue weighted by Crippen LogP contribution is 2.38. The topological polar surface area (TPSA) is 79.3 Å². The van der Waals surface area contributed by atoms with E-state index in [4.69, 9.17) is 5.11 Å². The van der Waals surface area contributed by atoms with Crippen LogP contribution in [0, 0.1) is 11.8 Å². The standard InChI is InChI=1S/C9H10N2O3S/c12-8(6-1-7(6)9(13)14)11-3-5-2-10-4-15-5/h2,4,6-7H,1,3H2,(H,11,12)(H,13,14). The maximum atomic E-state index is 11.4. The molecule has 1 heterocycles. The summed E-state index contributed by atoms with van der Waals surface area (Å²) >= 11 is 1.46. The van der Waals surface area contributed by atoms with Gasteiger partial charge in [0.1, 0.15) is 0 Å². The van der Waals surface area contributed by atoms with Crippen molar-refractivity contribution < 1.29 is 14.7 Å². The van der Waals surface area contributed by atoms with E-state index in [2.05, 4.69) is 10.3 Å². The summed E-state index contributed by atoms with van der Waals surface area (Å²) in [5, 5.41) is 11.3. The van der Waals surface area contributed by atoms with Gasteiger partial charge in [0.25, 0.3) is 0 Å². The molecule has 2 N–H and O–H groups in total. The molecule has 1 aromatic heterocycles. The van der Waals surface area contributed by atoms with Crippen molar-refractivity contribution in [2.45, 2.75) is 13.0 Å². The molecule has 0 radical (unpaired) electrons. The second kappa shape index (κ2) is 3.98. The molecule has 0 aliphatic heterocycles. The average Bonchev–Trinajstić information content (AvgIpc) is 2.85. The molecule has 6 heteroatoms. The van der Waals surface area contributed by atoms with Crippen molar-refractivity contribution in [3.63, 3.8) is 0 Å². The molecule has 80 valence electrons. The lowest BCUT2D eigenvalue weighted by molar-refractivity contribution is -0.140. The van der Waals surface area contributed by atoms with E-state index in [1.807, 2.05) is 0 Å². The van der Waals surface area contributed by atoms with Crippen molar-refractivity contribution in [2.75, 3.05) is 0 Å². The second-order valence-electron chi connectivity index (χ2n) is 3.47. The SMILES string of the molecule is O=C(O)C1CC1C(=O)NCc1cncs1. The Morgan fingerprint density at radius 2 is 2.40 bits per heavy atom. The minimum atomic E-state index is -0.882. The largest absolute Gasteiger partial charge is 0.481 e. The van der Waals surface area contributed by atoms with Crippen molar-refractivity contribution in [3.8, 4) is 0 Å². The van der Waals surface area contributed by atoms with E-state index in [9.17, 15) is 9.59 Å². The van der Waals surface area contributed by atoms with Gasteiger partial charge in [-0.25, -0.2) is 0 Å². The van der Waals surface area contributed by atoms with Crippen LogP contribution in [0.25, 0.3) is 0 Å². The fourth-order valence-electron chi connectivity index (χ4n) is 1.39. The van der Waals surface area contributed by atoms with Gasteiger partial charge in [-0.3, -0.25) is 14.6 Å². The van der Waals surface area contributed by atoms with Gasteiger partial charge in [-0.15, -0.1) is 11.3 Å². The van der Waals surface area contributed by atoms with Gasteiger partial charge in [0.05, 0.1) is 23.9 Å². The smallest absolute Gasteiger partial charge is 0.307 e. The summed E-state index contributed by atoms with van der Waals surface area (Å²) in [6.07, 6.45) is 2.15. The number of aliphatic carboxylic acids is 1. The first-order valence-corrected chi connectivity index (χ1v) is 5.44. The Kier molecular flexibility index (Phi) is 2.68. The number of thiazole rings is 1. The van der Waals surface area contributed by atoms with Crippen molar-refractivity contribution in [2.24, 2.45) is 11.8 Å². The Bertz CT molecular complexity index is 377. The molecule has 1 saturated carbocycles. The zero-order valence-electron chi connectivity index (χ0n) is 7.84. The number of carbonyl (C=O) groups excluding carboxylic acids is 1. The highest BCUT2D eigenvalue weighted by molar-refractivity contribution is 7.09. The van der Waals surface area contributed by atoms with Gasteiger partial charge in [0.15, 0.2) is 0 Å². The third-order valence-electron chi connectivity index (χ3n) is 2.36. The first kappa shape index (κ1) is 10.1. The van der Waals surface area contributed by atoms with E-state index in [1.165, 1.54) is 11.3 Å². The number of hydrogen-bond acceptors (Lipinski definition) is 4. The fraction of sp³-hybridized carbons (Fsp3) is 0.444. The van der Waals surface area contributed by atoms with E-state index in [-0.39, 0.29) is 11.8 Å². The van der Waals surface area contributed by atoms with Gasteiger partial charge in [-0.1, -0.05) is 0 Å². The molecule has 5 nitrogen and oxygen atoms in total. The summed E-state index contributed by atoms with van der Waals surface area (Å²) in [6, 6.07) is 0. The second-order valence-corrected chi connectivity index (χ2v) is 4.44. The van der Waals surface area contributed by atoms with E-state index in [1.54, 1.807) is 11.7 Å². The van der Waals surface area contributed by atoms with E-state index < -0.39 is 11.9 Å². The molecule has 15 heavy (non-hydrogen) atoms. The molecule has 0 spiro atoms. The zero-order valence-corrected chi connectivity index (χ0v) is 8.66. The lowest BCUT2D eigenvalue weighted by Gasteiger charge is -2.01. The maximum Gasteiger partial charge on any atom is 0.307 e. The van der Waals surface area contributed by atoms with Gasteiger partial charge < -0.3 is 10.4 Å². The van der Waals surface area contributed by atoms with E-state index >= 15 is 0 Å². The molecular formula is C9H10N2O3S. The monoisotopic (exact) mass is 226 g/mol. The van der Waals surface area contributed by atoms with Gasteiger partial charge in [0.2, 0.25) is 5.91 Å². The molecule has 1 aliphatic carbocycles. The third kappa shape index (κ3) is 2.33. The molecule has 0 bridgehead atoms. The zero-order chi connectivity index (χ0) is 10.8. The minimum absolute atomic E-state index is 0.171. The molecule has 1 fully saturated rings. The van der Waals surface area contributed by atoms with Crippen LogP contribution in [0.5, 0.6) is 0 Å². The van der Waals surface area contributed by atoms with Crippen LogP contribution in [0.2, 0.25) is 0 Å². The summed E-state index contributed by atoms with van der Waals surface area (Å²) in [5.41, 5.74) is 1.69. The van der Waals surface area contributed by atoms with Crippen LogP contribution in [0.15, 0.2) is 11.7 Å². The molecule has 1 amide bonds. The number of aromatic nitrogens is 1. The van der Waals surface area contributed by atoms with Crippen LogP contribution in [0.3, 0.4) is 0 Å². The summed E-state index contributed by atoms with van der Waals surface area (Å²) in [6.45, 7) is 0.437. The first-order valence-electron chi connectivity index (χ1n) is 4.56. The normalized spacial score (nSPS) is 23.5. The average molecular weight is 226 g/mol. The van der Waals surface area contributed by atoms with E-state index in [0.717, 1.165) is 4.88 Å². The maximum absolute atomic E-state index is 11.4. The highest BCUT2D eigenvalue weighted by Gasteiger charge is 2.48. The molecule has 2 unspecified atom stereocenters. The van der Waals surface area contributed by atoms with Crippen molar-refractivity contribution >= 4 is 23.2 Å². The molecule has 2 rings (SSSR count). The van der Waals surface area contributed by atoms with Crippen LogP contribution >= 0.6 is 11.3 Å². The Labute approximate surface area is 90.1 Å². The minimum Gasteiger partial charge on any atom is -0.481 e. The van der Waals surface area contributed by atoms with Crippen LogP contribution in [-0.4, -0.2) is 22.0 Å². The lowest BCUT2D eigenvalue weighted by atomic mass is 10.3. The Hall–Kier alpha value is -1.43. The summed E-state index contributed by atoms with van der Waals surface area (Å²) in [7, 11) is 0. The van der Waals surface area contributed by atoms with Crippen LogP contribution < -0.4 is 5.32 Å². The number of rotatable bonds is 4. The van der Waals surface area contributed by atoms with Crippen LogP contribution in [0.1, 0.15) is 11.3 Å². The number of nitrogens with one attached hydrogen (secondary N) is 1. The number of nitrogens with zero attached hydrogens (tertiary/aromatic N) is 1. The van der Waals surface area contributed by atoms with Crippen molar-refractivity contribution in [1.82, 2.24) is 10.3 Å². The van der Waals surface area contributed by atoms with Crippen molar-refractivity contribution in [1.29, 1.82) is 0 Å². The molecular weight excluding hydrogens is 216 g/mol. The van der Waals surface area contributed by atoms with Crippen molar-refractivity contribution in [3.05, 3.63) is 16.6 Å². The number of carbonyl (C=O) groups is 2. The number of carboxylic acids is 1. The summed E-state index contributed by atoms with van der Waals surface area (Å²) in [5.74, 6) is -1.87. The first-order chi connectivity index (χ1) is 7.18. The summed E-state index contributed by atoms with van der Waals surface area (Å²) in [4.78, 5) is 26.8. The predicted octanol–water partition coefficient (Wildman–Crippen LogP) is 0.480. The fourth-order valence-corrected chi connectivity index (χ4v) is 1.93. The quantitative estimate of drug-likeness (QED) is 0.782. The molecule has 2 atom stereocenters. The molecule has 0 saturated heterocycles. The predicted molar refractivity (Wildman–Crippen MR) is 53.2 cm³/mol. The van der Waals surface area contributed by atoms with Gasteiger partial charge in [-0.2, -0.15) is 0 Å². The van der Waals surface area contributed by atoms with Gasteiger partial charge in [-0.05, 0) is 6.42 Å².